The van der Waals surface area contributed by atoms with E-state index < -0.39 is 10.0 Å². The Balaban J connectivity index is 2.26. The Hall–Kier alpha value is -2.18. The van der Waals surface area contributed by atoms with Gasteiger partial charge >= 0.3 is 0 Å². The van der Waals surface area contributed by atoms with E-state index in [-0.39, 0.29) is 17.3 Å². The van der Waals surface area contributed by atoms with Gasteiger partial charge < -0.3 is 4.90 Å². The molecular formula is C19H24N2O3S. The van der Waals surface area contributed by atoms with Gasteiger partial charge in [0.1, 0.15) is 0 Å². The van der Waals surface area contributed by atoms with Crippen LogP contribution in [0.4, 0.5) is 0 Å². The molecule has 0 aromatic heterocycles. The van der Waals surface area contributed by atoms with Crippen LogP contribution < -0.4 is 4.72 Å². The molecule has 0 saturated heterocycles. The number of hydrogen-bond donors (Lipinski definition) is 1. The first-order chi connectivity index (χ1) is 11.9. The van der Waals surface area contributed by atoms with Crippen LogP contribution in [0.3, 0.4) is 0 Å². The van der Waals surface area contributed by atoms with Crippen molar-refractivity contribution in [3.8, 4) is 0 Å². The maximum atomic E-state index is 12.6. The van der Waals surface area contributed by atoms with Crippen LogP contribution >= 0.6 is 0 Å². The Morgan fingerprint density at radius 3 is 2.28 bits per heavy atom. The molecule has 1 amide bonds. The summed E-state index contributed by atoms with van der Waals surface area (Å²) in [6.45, 7) is 6.98. The predicted octanol–water partition coefficient (Wildman–Crippen LogP) is 2.96. The van der Waals surface area contributed by atoms with Crippen LogP contribution in [0.15, 0.2) is 53.4 Å². The number of nitrogens with zero attached hydrogens (tertiary/aromatic N) is 1. The molecule has 1 N–H and O–H groups in total. The Morgan fingerprint density at radius 2 is 1.68 bits per heavy atom. The number of hydrogen-bond acceptors (Lipinski definition) is 3. The molecule has 0 fully saturated rings. The zero-order valence-corrected chi connectivity index (χ0v) is 15.6. The van der Waals surface area contributed by atoms with E-state index in [0.717, 1.165) is 11.1 Å². The Bertz CT molecular complexity index is 829. The number of nitrogens with one attached hydrogen (secondary N) is 1. The number of aryl methyl sites for hydroxylation is 1. The van der Waals surface area contributed by atoms with Gasteiger partial charge in [-0.25, -0.2) is 13.1 Å². The highest BCUT2D eigenvalue weighted by Crippen LogP contribution is 2.18. The third-order valence-corrected chi connectivity index (χ3v) is 5.51. The Kier molecular flexibility index (Phi) is 6.33. The summed E-state index contributed by atoms with van der Waals surface area (Å²) in [6, 6.07) is 14.0. The molecule has 0 aliphatic rings. The number of carbonyl (C=O) groups is 1. The maximum absolute atomic E-state index is 12.6. The van der Waals surface area contributed by atoms with E-state index in [9.17, 15) is 13.2 Å². The molecule has 0 bridgehead atoms. The van der Waals surface area contributed by atoms with E-state index in [1.165, 1.54) is 12.1 Å². The summed E-state index contributed by atoms with van der Waals surface area (Å²) in [5.41, 5.74) is 2.06. The van der Waals surface area contributed by atoms with E-state index in [1.807, 2.05) is 51.1 Å². The second kappa shape index (κ2) is 8.27. The molecular weight excluding hydrogens is 336 g/mol. The lowest BCUT2D eigenvalue weighted by Crippen LogP contribution is -2.31. The molecule has 0 saturated carbocycles. The minimum absolute atomic E-state index is 0.101. The topological polar surface area (TPSA) is 66.5 Å². The first kappa shape index (κ1) is 19.1. The number of sulfonamides is 1. The molecule has 2 rings (SSSR count). The van der Waals surface area contributed by atoms with Crippen LogP contribution in [0.1, 0.15) is 35.3 Å². The lowest BCUT2D eigenvalue weighted by Gasteiger charge is -2.20. The van der Waals surface area contributed by atoms with Gasteiger partial charge in [0, 0.05) is 25.2 Å². The zero-order valence-electron chi connectivity index (χ0n) is 14.8. The second-order valence-corrected chi connectivity index (χ2v) is 7.53. The summed E-state index contributed by atoms with van der Waals surface area (Å²) in [6.07, 6.45) is 0. The van der Waals surface area contributed by atoms with E-state index in [1.54, 1.807) is 11.0 Å². The van der Waals surface area contributed by atoms with E-state index in [4.69, 9.17) is 0 Å². The van der Waals surface area contributed by atoms with Crippen LogP contribution in [0, 0.1) is 6.92 Å². The van der Waals surface area contributed by atoms with Crippen molar-refractivity contribution in [3.63, 3.8) is 0 Å². The Morgan fingerprint density at radius 1 is 1.04 bits per heavy atom. The lowest BCUT2D eigenvalue weighted by atomic mass is 10.1. The lowest BCUT2D eigenvalue weighted by molar-refractivity contribution is 0.0772. The van der Waals surface area contributed by atoms with Gasteiger partial charge in [0.25, 0.3) is 5.91 Å². The fourth-order valence-electron chi connectivity index (χ4n) is 2.54. The minimum Gasteiger partial charge on any atom is -0.339 e. The highest BCUT2D eigenvalue weighted by atomic mass is 32.2. The molecule has 0 atom stereocenters. The highest BCUT2D eigenvalue weighted by Gasteiger charge is 2.20. The molecule has 0 radical (unpaired) electrons. The first-order valence-corrected chi connectivity index (χ1v) is 9.80. The quantitative estimate of drug-likeness (QED) is 0.825. The summed E-state index contributed by atoms with van der Waals surface area (Å²) >= 11 is 0. The smallest absolute Gasteiger partial charge is 0.254 e. The largest absolute Gasteiger partial charge is 0.339 e. The van der Waals surface area contributed by atoms with Gasteiger partial charge in [0.15, 0.2) is 0 Å². The van der Waals surface area contributed by atoms with Gasteiger partial charge in [-0.1, -0.05) is 36.4 Å². The monoisotopic (exact) mass is 360 g/mol. The van der Waals surface area contributed by atoms with Crippen LogP contribution in [0.2, 0.25) is 0 Å². The molecule has 0 heterocycles. The summed E-state index contributed by atoms with van der Waals surface area (Å²) in [4.78, 5) is 14.4. The number of amides is 1. The second-order valence-electron chi connectivity index (χ2n) is 5.76. The van der Waals surface area contributed by atoms with Gasteiger partial charge in [-0.2, -0.15) is 0 Å². The van der Waals surface area contributed by atoms with Gasteiger partial charge in [-0.05, 0) is 44.0 Å². The number of carbonyl (C=O) groups excluding carboxylic acids is 1. The third-order valence-electron chi connectivity index (χ3n) is 4.11. The van der Waals surface area contributed by atoms with Crippen molar-refractivity contribution in [1.82, 2.24) is 9.62 Å². The fourth-order valence-corrected chi connectivity index (χ4v) is 3.58. The normalized spacial score (nSPS) is 11.3. The number of benzene rings is 2. The molecule has 0 unspecified atom stereocenters. The van der Waals surface area contributed by atoms with Crippen molar-refractivity contribution in [2.75, 3.05) is 13.1 Å². The summed E-state index contributed by atoms with van der Waals surface area (Å²) in [5, 5.41) is 0. The maximum Gasteiger partial charge on any atom is 0.254 e. The summed E-state index contributed by atoms with van der Waals surface area (Å²) < 4.78 is 27.7. The standard InChI is InChI=1S/C19H24N2O3S/c1-4-21(5-2)19(22)18-13-17(12-11-15(18)3)25(23,24)20-14-16-9-7-6-8-10-16/h6-13,20H,4-5,14H2,1-3H3. The predicted molar refractivity (Wildman–Crippen MR) is 98.9 cm³/mol. The van der Waals surface area contributed by atoms with Crippen molar-refractivity contribution >= 4 is 15.9 Å². The summed E-state index contributed by atoms with van der Waals surface area (Å²) in [7, 11) is -3.69. The van der Waals surface area contributed by atoms with Crippen LogP contribution in [-0.4, -0.2) is 32.3 Å². The molecule has 134 valence electrons. The van der Waals surface area contributed by atoms with Crippen molar-refractivity contribution in [2.24, 2.45) is 0 Å². The van der Waals surface area contributed by atoms with E-state index >= 15 is 0 Å². The average Bonchev–Trinajstić information content (AvgIpc) is 2.62. The van der Waals surface area contributed by atoms with Gasteiger partial charge in [0.2, 0.25) is 10.0 Å². The SMILES string of the molecule is CCN(CC)C(=O)c1cc(S(=O)(=O)NCc2ccccc2)ccc1C. The van der Waals surface area contributed by atoms with Crippen molar-refractivity contribution < 1.29 is 13.2 Å². The molecule has 0 spiro atoms. The van der Waals surface area contributed by atoms with E-state index in [2.05, 4.69) is 4.72 Å². The molecule has 2 aromatic carbocycles. The molecule has 0 aliphatic carbocycles. The highest BCUT2D eigenvalue weighted by molar-refractivity contribution is 7.89. The van der Waals surface area contributed by atoms with Crippen molar-refractivity contribution in [1.29, 1.82) is 0 Å². The van der Waals surface area contributed by atoms with Gasteiger partial charge in [-0.3, -0.25) is 4.79 Å². The molecule has 5 nitrogen and oxygen atoms in total. The third kappa shape index (κ3) is 4.67. The van der Waals surface area contributed by atoms with Crippen LogP contribution in [0.5, 0.6) is 0 Å². The Labute approximate surface area is 149 Å². The van der Waals surface area contributed by atoms with E-state index in [0.29, 0.717) is 18.7 Å². The number of rotatable bonds is 7. The molecule has 2 aromatic rings. The van der Waals surface area contributed by atoms with Crippen molar-refractivity contribution in [2.45, 2.75) is 32.2 Å². The fraction of sp³-hybridized carbons (Fsp3) is 0.316. The van der Waals surface area contributed by atoms with Crippen LogP contribution in [0.25, 0.3) is 0 Å². The van der Waals surface area contributed by atoms with Gasteiger partial charge in [0.05, 0.1) is 4.90 Å². The molecule has 25 heavy (non-hydrogen) atoms. The van der Waals surface area contributed by atoms with Crippen LogP contribution in [-0.2, 0) is 16.6 Å². The van der Waals surface area contributed by atoms with Crippen molar-refractivity contribution in [3.05, 3.63) is 65.2 Å². The minimum atomic E-state index is -3.69. The summed E-state index contributed by atoms with van der Waals surface area (Å²) in [5.74, 6) is -0.150. The van der Waals surface area contributed by atoms with Gasteiger partial charge in [-0.15, -0.1) is 0 Å². The molecule has 6 heteroatoms. The average molecular weight is 360 g/mol. The first-order valence-electron chi connectivity index (χ1n) is 8.32. The molecule has 0 aliphatic heterocycles. The zero-order chi connectivity index (χ0) is 18.4.